The minimum atomic E-state index is -3.54. The van der Waals surface area contributed by atoms with E-state index in [2.05, 4.69) is 15.9 Å². The number of Topliss-reactive ketones (excluding diaryl/α,β-unsaturated/α-hetero) is 1. The third kappa shape index (κ3) is 3.24. The molecule has 0 N–H and O–H groups in total. The average Bonchev–Trinajstić information content (AvgIpc) is 2.46. The zero-order chi connectivity index (χ0) is 15.7. The molecule has 1 unspecified atom stereocenters. The third-order valence-electron chi connectivity index (χ3n) is 3.36. The normalized spacial score (nSPS) is 14.4. The number of halogens is 1. The first-order chi connectivity index (χ1) is 9.73. The van der Waals surface area contributed by atoms with Gasteiger partial charge in [0.15, 0.2) is 19.3 Å². The molecule has 0 bridgehead atoms. The van der Waals surface area contributed by atoms with Crippen LogP contribution in [0, 0.1) is 0 Å². The molecule has 0 aliphatic carbocycles. The van der Waals surface area contributed by atoms with Crippen LogP contribution in [0.15, 0.2) is 54.6 Å². The van der Waals surface area contributed by atoms with E-state index in [-0.39, 0.29) is 0 Å². The van der Waals surface area contributed by atoms with Crippen molar-refractivity contribution in [2.75, 3.05) is 6.26 Å². The van der Waals surface area contributed by atoms with Gasteiger partial charge >= 0.3 is 0 Å². The minimum Gasteiger partial charge on any atom is -0.291 e. The number of sulfone groups is 1. The van der Waals surface area contributed by atoms with E-state index in [0.717, 1.165) is 17.4 Å². The van der Waals surface area contributed by atoms with Crippen LogP contribution < -0.4 is 0 Å². The second kappa shape index (κ2) is 5.73. The lowest BCUT2D eigenvalue weighted by Gasteiger charge is -2.18. The van der Waals surface area contributed by atoms with Crippen LogP contribution in [-0.4, -0.2) is 24.1 Å². The molecule has 1 atom stereocenters. The summed E-state index contributed by atoms with van der Waals surface area (Å²) in [5, 5.41) is 0. The van der Waals surface area contributed by atoms with Gasteiger partial charge in [-0.05, 0) is 18.1 Å². The number of hydrogen-bond acceptors (Lipinski definition) is 3. The molecular weight excluding hydrogens is 352 g/mol. The highest BCUT2D eigenvalue weighted by Gasteiger charge is 2.41. The smallest absolute Gasteiger partial charge is 0.194 e. The highest BCUT2D eigenvalue weighted by atomic mass is 79.9. The number of ketones is 1. The monoisotopic (exact) mass is 366 g/mol. The maximum atomic E-state index is 12.3. The minimum absolute atomic E-state index is 0.361. The number of rotatable bonds is 4. The van der Waals surface area contributed by atoms with Crippen LogP contribution in [0.5, 0.6) is 0 Å². The first-order valence-electron chi connectivity index (χ1n) is 6.32. The Kier molecular flexibility index (Phi) is 4.35. The standard InChI is InChI=1S/C16H15BrO3S/c1-16(17,21(2,19)20)15(18)14-10-8-13(9-11-14)12-6-4-3-5-7-12/h3-11H,1-2H3. The Morgan fingerprint density at radius 3 is 1.90 bits per heavy atom. The van der Waals surface area contributed by atoms with Gasteiger partial charge in [0, 0.05) is 11.8 Å². The van der Waals surface area contributed by atoms with Crippen LogP contribution in [0.4, 0.5) is 0 Å². The van der Waals surface area contributed by atoms with Crippen molar-refractivity contribution in [3.05, 3.63) is 60.2 Å². The molecule has 3 nitrogen and oxygen atoms in total. The molecule has 0 heterocycles. The molecular formula is C16H15BrO3S. The van der Waals surface area contributed by atoms with Gasteiger partial charge in [-0.3, -0.25) is 4.79 Å². The van der Waals surface area contributed by atoms with Crippen LogP contribution in [0.2, 0.25) is 0 Å². The summed E-state index contributed by atoms with van der Waals surface area (Å²) in [6.07, 6.45) is 1.04. The number of carbonyl (C=O) groups is 1. The number of carbonyl (C=O) groups excluding carboxylic acids is 1. The highest BCUT2D eigenvalue weighted by Crippen LogP contribution is 2.29. The summed E-state index contributed by atoms with van der Waals surface area (Å²) in [4.78, 5) is 12.3. The van der Waals surface area contributed by atoms with E-state index in [0.29, 0.717) is 5.56 Å². The fourth-order valence-electron chi connectivity index (χ4n) is 1.87. The fourth-order valence-corrected chi connectivity index (χ4v) is 2.55. The topological polar surface area (TPSA) is 51.2 Å². The summed E-state index contributed by atoms with van der Waals surface area (Å²) in [6.45, 7) is 1.36. The second-order valence-electron chi connectivity index (χ2n) is 4.96. The van der Waals surface area contributed by atoms with Crippen molar-refractivity contribution >= 4 is 31.6 Å². The lowest BCUT2D eigenvalue weighted by atomic mass is 10.0. The lowest BCUT2D eigenvalue weighted by molar-refractivity contribution is 0.0983. The first kappa shape index (κ1) is 15.9. The maximum absolute atomic E-state index is 12.3. The van der Waals surface area contributed by atoms with E-state index in [1.807, 2.05) is 42.5 Å². The molecule has 0 aliphatic rings. The predicted octanol–water partition coefficient (Wildman–Crippen LogP) is 3.69. The lowest BCUT2D eigenvalue weighted by Crippen LogP contribution is -2.36. The summed E-state index contributed by atoms with van der Waals surface area (Å²) in [6, 6.07) is 16.7. The van der Waals surface area contributed by atoms with Crippen molar-refractivity contribution in [2.45, 2.75) is 10.6 Å². The van der Waals surface area contributed by atoms with Crippen molar-refractivity contribution in [2.24, 2.45) is 0 Å². The Labute approximate surface area is 133 Å². The summed E-state index contributed by atoms with van der Waals surface area (Å²) in [5.74, 6) is -0.468. The van der Waals surface area contributed by atoms with Gasteiger partial charge in [0.2, 0.25) is 0 Å². The van der Waals surface area contributed by atoms with Gasteiger partial charge < -0.3 is 0 Å². The third-order valence-corrected chi connectivity index (χ3v) is 7.06. The molecule has 0 spiro atoms. The summed E-state index contributed by atoms with van der Waals surface area (Å²) < 4.78 is 21.8. The summed E-state index contributed by atoms with van der Waals surface area (Å²) in [7, 11) is -3.54. The molecule has 0 radical (unpaired) electrons. The SMILES string of the molecule is CC(Br)(C(=O)c1ccc(-c2ccccc2)cc1)S(C)(=O)=O. The van der Waals surface area contributed by atoms with E-state index >= 15 is 0 Å². The molecule has 2 aromatic carbocycles. The van der Waals surface area contributed by atoms with E-state index in [4.69, 9.17) is 0 Å². The second-order valence-corrected chi connectivity index (χ2v) is 9.43. The predicted molar refractivity (Wildman–Crippen MR) is 88.4 cm³/mol. The largest absolute Gasteiger partial charge is 0.291 e. The molecule has 0 saturated carbocycles. The van der Waals surface area contributed by atoms with Gasteiger partial charge in [-0.2, -0.15) is 0 Å². The molecule has 21 heavy (non-hydrogen) atoms. The molecule has 0 aromatic heterocycles. The summed E-state index contributed by atoms with van der Waals surface area (Å²) >= 11 is 3.03. The van der Waals surface area contributed by atoms with Crippen molar-refractivity contribution in [1.29, 1.82) is 0 Å². The fraction of sp³-hybridized carbons (Fsp3) is 0.188. The van der Waals surface area contributed by atoms with E-state index < -0.39 is 19.3 Å². The van der Waals surface area contributed by atoms with Gasteiger partial charge in [-0.15, -0.1) is 0 Å². The molecule has 110 valence electrons. The molecule has 2 aromatic rings. The van der Waals surface area contributed by atoms with Crippen LogP contribution >= 0.6 is 15.9 Å². The maximum Gasteiger partial charge on any atom is 0.194 e. The van der Waals surface area contributed by atoms with Crippen molar-refractivity contribution in [3.8, 4) is 11.1 Å². The van der Waals surface area contributed by atoms with Gasteiger partial charge in [-0.1, -0.05) is 70.5 Å². The average molecular weight is 367 g/mol. The zero-order valence-electron chi connectivity index (χ0n) is 11.7. The van der Waals surface area contributed by atoms with Crippen LogP contribution in [0.25, 0.3) is 11.1 Å². The number of hydrogen-bond donors (Lipinski definition) is 0. The van der Waals surface area contributed by atoms with Crippen LogP contribution in [-0.2, 0) is 9.84 Å². The molecule has 0 amide bonds. The number of benzene rings is 2. The van der Waals surface area contributed by atoms with Crippen LogP contribution in [0.3, 0.4) is 0 Å². The van der Waals surface area contributed by atoms with Gasteiger partial charge in [0.1, 0.15) is 0 Å². The van der Waals surface area contributed by atoms with Gasteiger partial charge in [0.05, 0.1) is 0 Å². The van der Waals surface area contributed by atoms with E-state index in [1.165, 1.54) is 6.92 Å². The van der Waals surface area contributed by atoms with Gasteiger partial charge in [0.25, 0.3) is 0 Å². The van der Waals surface area contributed by atoms with Crippen molar-refractivity contribution < 1.29 is 13.2 Å². The Hall–Kier alpha value is -1.46. The Balaban J connectivity index is 2.34. The quantitative estimate of drug-likeness (QED) is 0.612. The molecule has 5 heteroatoms. The summed E-state index contributed by atoms with van der Waals surface area (Å²) in [5.41, 5.74) is 2.38. The molecule has 0 aliphatic heterocycles. The zero-order valence-corrected chi connectivity index (χ0v) is 14.1. The molecule has 0 fully saturated rings. The van der Waals surface area contributed by atoms with Crippen molar-refractivity contribution in [1.82, 2.24) is 0 Å². The first-order valence-corrected chi connectivity index (χ1v) is 9.01. The Morgan fingerprint density at radius 1 is 0.952 bits per heavy atom. The Morgan fingerprint density at radius 2 is 1.43 bits per heavy atom. The van der Waals surface area contributed by atoms with Gasteiger partial charge in [-0.25, -0.2) is 8.42 Å². The van der Waals surface area contributed by atoms with E-state index in [1.54, 1.807) is 12.1 Å². The number of alkyl halides is 1. The molecule has 2 rings (SSSR count). The highest BCUT2D eigenvalue weighted by molar-refractivity contribution is 9.12. The Bertz CT molecular complexity index is 748. The van der Waals surface area contributed by atoms with E-state index in [9.17, 15) is 13.2 Å². The van der Waals surface area contributed by atoms with Crippen molar-refractivity contribution in [3.63, 3.8) is 0 Å². The van der Waals surface area contributed by atoms with Crippen LogP contribution in [0.1, 0.15) is 17.3 Å². The molecule has 0 saturated heterocycles.